The summed E-state index contributed by atoms with van der Waals surface area (Å²) < 4.78 is 6.22. The molecule has 0 atom stereocenters. The molecule has 94 valence electrons. The lowest BCUT2D eigenvalue weighted by Gasteiger charge is -2.34. The minimum absolute atomic E-state index is 0.543. The molecule has 2 nitrogen and oxygen atoms in total. The first-order chi connectivity index (χ1) is 7.75. The van der Waals surface area contributed by atoms with Crippen LogP contribution in [0.4, 0.5) is 0 Å². The summed E-state index contributed by atoms with van der Waals surface area (Å²) in [6.07, 6.45) is 8.90. The molecule has 0 aromatic rings. The molecule has 1 aliphatic heterocycles. The third kappa shape index (κ3) is 3.46. The average molecular weight is 225 g/mol. The summed E-state index contributed by atoms with van der Waals surface area (Å²) in [7, 11) is 0. The highest BCUT2D eigenvalue weighted by Crippen LogP contribution is 2.32. The first kappa shape index (κ1) is 12.4. The molecule has 0 aromatic carbocycles. The molecule has 16 heavy (non-hydrogen) atoms. The Hall–Kier alpha value is -0.0800. The van der Waals surface area contributed by atoms with E-state index in [2.05, 4.69) is 19.2 Å². The zero-order chi connectivity index (χ0) is 11.4. The van der Waals surface area contributed by atoms with Crippen molar-refractivity contribution in [1.29, 1.82) is 0 Å². The highest BCUT2D eigenvalue weighted by Gasteiger charge is 2.26. The molecule has 0 bridgehead atoms. The predicted octanol–water partition coefficient (Wildman–Crippen LogP) is 2.97. The molecule has 2 rings (SSSR count). The number of piperidine rings is 1. The van der Waals surface area contributed by atoms with E-state index in [1.54, 1.807) is 0 Å². The third-order valence-electron chi connectivity index (χ3n) is 4.33. The van der Waals surface area contributed by atoms with Gasteiger partial charge in [-0.05, 0) is 63.5 Å². The van der Waals surface area contributed by atoms with Gasteiger partial charge in [0.25, 0.3) is 0 Å². The van der Waals surface area contributed by atoms with Crippen LogP contribution in [0.2, 0.25) is 0 Å². The fraction of sp³-hybridized carbons (Fsp3) is 1.00. The minimum atomic E-state index is 0.543. The van der Waals surface area contributed by atoms with E-state index in [9.17, 15) is 0 Å². The summed E-state index contributed by atoms with van der Waals surface area (Å²) in [5, 5.41) is 3.39. The van der Waals surface area contributed by atoms with Gasteiger partial charge in [-0.15, -0.1) is 0 Å². The smallest absolute Gasteiger partial charge is 0.0603 e. The second-order valence-corrected chi connectivity index (χ2v) is 5.87. The van der Waals surface area contributed by atoms with E-state index >= 15 is 0 Å². The lowest BCUT2D eigenvalue weighted by Crippen LogP contribution is -2.36. The quantitative estimate of drug-likeness (QED) is 0.797. The lowest BCUT2D eigenvalue weighted by atomic mass is 9.80. The Morgan fingerprint density at radius 1 is 0.875 bits per heavy atom. The van der Waals surface area contributed by atoms with Gasteiger partial charge in [-0.2, -0.15) is 0 Å². The van der Waals surface area contributed by atoms with Crippen molar-refractivity contribution in [2.45, 2.75) is 64.6 Å². The SMILES string of the molecule is CC(C)C1CCC(OC2CCNCC2)CC1. The summed E-state index contributed by atoms with van der Waals surface area (Å²) in [5.41, 5.74) is 0. The van der Waals surface area contributed by atoms with Crippen molar-refractivity contribution in [2.75, 3.05) is 13.1 Å². The number of nitrogens with one attached hydrogen (secondary N) is 1. The fourth-order valence-corrected chi connectivity index (χ4v) is 3.10. The predicted molar refractivity (Wildman–Crippen MR) is 67.6 cm³/mol. The van der Waals surface area contributed by atoms with Crippen LogP contribution in [0, 0.1) is 11.8 Å². The Morgan fingerprint density at radius 3 is 2.00 bits per heavy atom. The molecule has 0 unspecified atom stereocenters. The average Bonchev–Trinajstić information content (AvgIpc) is 2.31. The summed E-state index contributed by atoms with van der Waals surface area (Å²) in [6.45, 7) is 7.01. The highest BCUT2D eigenvalue weighted by atomic mass is 16.5. The zero-order valence-electron chi connectivity index (χ0n) is 10.9. The van der Waals surface area contributed by atoms with E-state index in [-0.39, 0.29) is 0 Å². The van der Waals surface area contributed by atoms with Gasteiger partial charge < -0.3 is 10.1 Å². The van der Waals surface area contributed by atoms with Gasteiger partial charge in [0.15, 0.2) is 0 Å². The molecule has 2 heteroatoms. The Morgan fingerprint density at radius 2 is 1.44 bits per heavy atom. The summed E-state index contributed by atoms with van der Waals surface area (Å²) in [6, 6.07) is 0. The molecule has 1 saturated carbocycles. The lowest BCUT2D eigenvalue weighted by molar-refractivity contribution is -0.0505. The van der Waals surface area contributed by atoms with Gasteiger partial charge in [-0.3, -0.25) is 0 Å². The molecule has 1 N–H and O–H groups in total. The zero-order valence-corrected chi connectivity index (χ0v) is 10.9. The number of hydrogen-bond donors (Lipinski definition) is 1. The molecule has 1 heterocycles. The van der Waals surface area contributed by atoms with E-state index in [1.807, 2.05) is 0 Å². The van der Waals surface area contributed by atoms with Crippen LogP contribution in [0.5, 0.6) is 0 Å². The topological polar surface area (TPSA) is 21.3 Å². The molecule has 1 saturated heterocycles. The van der Waals surface area contributed by atoms with E-state index in [1.165, 1.54) is 38.5 Å². The van der Waals surface area contributed by atoms with Gasteiger partial charge in [0.1, 0.15) is 0 Å². The van der Waals surface area contributed by atoms with Crippen LogP contribution in [-0.4, -0.2) is 25.3 Å². The molecule has 1 aliphatic carbocycles. The van der Waals surface area contributed by atoms with Crippen LogP contribution in [0.1, 0.15) is 52.4 Å². The van der Waals surface area contributed by atoms with E-state index in [0.717, 1.165) is 24.9 Å². The molecule has 0 radical (unpaired) electrons. The van der Waals surface area contributed by atoms with Crippen LogP contribution < -0.4 is 5.32 Å². The number of ether oxygens (including phenoxy) is 1. The standard InChI is InChI=1S/C14H27NO/c1-11(2)12-3-5-13(6-4-12)16-14-7-9-15-10-8-14/h11-15H,3-10H2,1-2H3. The van der Waals surface area contributed by atoms with Gasteiger partial charge in [0, 0.05) is 0 Å². The van der Waals surface area contributed by atoms with Crippen molar-refractivity contribution in [3.8, 4) is 0 Å². The summed E-state index contributed by atoms with van der Waals surface area (Å²) in [4.78, 5) is 0. The summed E-state index contributed by atoms with van der Waals surface area (Å²) >= 11 is 0. The van der Waals surface area contributed by atoms with Crippen molar-refractivity contribution in [3.63, 3.8) is 0 Å². The minimum Gasteiger partial charge on any atom is -0.375 e. The fourth-order valence-electron chi connectivity index (χ4n) is 3.10. The van der Waals surface area contributed by atoms with Gasteiger partial charge in [0.2, 0.25) is 0 Å². The van der Waals surface area contributed by atoms with Gasteiger partial charge in [-0.25, -0.2) is 0 Å². The second kappa shape index (κ2) is 6.02. The third-order valence-corrected chi connectivity index (χ3v) is 4.33. The van der Waals surface area contributed by atoms with Crippen molar-refractivity contribution in [2.24, 2.45) is 11.8 Å². The Bertz CT molecular complexity index is 191. The van der Waals surface area contributed by atoms with Crippen LogP contribution in [-0.2, 0) is 4.74 Å². The van der Waals surface area contributed by atoms with E-state index in [0.29, 0.717) is 12.2 Å². The van der Waals surface area contributed by atoms with E-state index in [4.69, 9.17) is 4.74 Å². The molecule has 2 aliphatic rings. The number of hydrogen-bond acceptors (Lipinski definition) is 2. The molecular formula is C14H27NO. The van der Waals surface area contributed by atoms with Crippen LogP contribution in [0.25, 0.3) is 0 Å². The molecule has 0 aromatic heterocycles. The maximum atomic E-state index is 6.22. The second-order valence-electron chi connectivity index (χ2n) is 5.87. The van der Waals surface area contributed by atoms with Crippen LogP contribution >= 0.6 is 0 Å². The Balaban J connectivity index is 1.68. The van der Waals surface area contributed by atoms with E-state index < -0.39 is 0 Å². The molecule has 0 spiro atoms. The van der Waals surface area contributed by atoms with Crippen molar-refractivity contribution < 1.29 is 4.74 Å². The monoisotopic (exact) mass is 225 g/mol. The molecular weight excluding hydrogens is 198 g/mol. The highest BCUT2D eigenvalue weighted by molar-refractivity contribution is 4.77. The molecule has 0 amide bonds. The number of rotatable bonds is 3. The summed E-state index contributed by atoms with van der Waals surface area (Å²) in [5.74, 6) is 1.81. The van der Waals surface area contributed by atoms with Crippen molar-refractivity contribution in [3.05, 3.63) is 0 Å². The Kier molecular flexibility index (Phi) is 4.66. The largest absolute Gasteiger partial charge is 0.375 e. The first-order valence-electron chi connectivity index (χ1n) is 7.12. The first-order valence-corrected chi connectivity index (χ1v) is 7.12. The Labute approximate surface area is 100 Å². The normalized spacial score (nSPS) is 33.2. The maximum Gasteiger partial charge on any atom is 0.0603 e. The van der Waals surface area contributed by atoms with Gasteiger partial charge in [0.05, 0.1) is 12.2 Å². The maximum absolute atomic E-state index is 6.22. The van der Waals surface area contributed by atoms with Crippen LogP contribution in [0.15, 0.2) is 0 Å². The van der Waals surface area contributed by atoms with Gasteiger partial charge >= 0.3 is 0 Å². The molecule has 2 fully saturated rings. The van der Waals surface area contributed by atoms with Crippen LogP contribution in [0.3, 0.4) is 0 Å². The van der Waals surface area contributed by atoms with Crippen molar-refractivity contribution in [1.82, 2.24) is 5.32 Å². The van der Waals surface area contributed by atoms with Crippen molar-refractivity contribution >= 4 is 0 Å². The van der Waals surface area contributed by atoms with Gasteiger partial charge in [-0.1, -0.05) is 13.8 Å².